The van der Waals surface area contributed by atoms with E-state index in [1.54, 1.807) is 6.92 Å². The molecule has 1 saturated carbocycles. The van der Waals surface area contributed by atoms with Crippen LogP contribution in [0.15, 0.2) is 18.2 Å². The van der Waals surface area contributed by atoms with Crippen LogP contribution in [0.4, 0.5) is 10.5 Å². The summed E-state index contributed by atoms with van der Waals surface area (Å²) in [6, 6.07) is 2.97. The number of nitro benzene ring substituents is 1. The number of hydrogen-bond acceptors (Lipinski definition) is 6. The fraction of sp³-hybridized carbons (Fsp3) is 0.429. The number of hydrogen-bond donors (Lipinski definition) is 1. The zero-order valence-electron chi connectivity index (χ0n) is 11.9. The monoisotopic (exact) mass is 309 g/mol. The van der Waals surface area contributed by atoms with Gasteiger partial charge in [-0.1, -0.05) is 0 Å². The number of nitro groups is 1. The van der Waals surface area contributed by atoms with Crippen molar-refractivity contribution in [2.75, 3.05) is 0 Å². The van der Waals surface area contributed by atoms with E-state index in [0.29, 0.717) is 12.8 Å². The molecule has 0 unspecified atom stereocenters. The first-order valence-corrected chi connectivity index (χ1v) is 6.73. The number of carbonyl (C=O) groups excluding carboxylic acids is 1. The van der Waals surface area contributed by atoms with Crippen molar-refractivity contribution < 1.29 is 29.1 Å². The Kier molecular flexibility index (Phi) is 4.30. The van der Waals surface area contributed by atoms with Gasteiger partial charge in [-0.3, -0.25) is 10.1 Å². The van der Waals surface area contributed by atoms with Crippen LogP contribution in [-0.2, 0) is 4.74 Å². The van der Waals surface area contributed by atoms with Crippen molar-refractivity contribution in [3.63, 3.8) is 0 Å². The van der Waals surface area contributed by atoms with Gasteiger partial charge in [0, 0.05) is 12.1 Å². The summed E-state index contributed by atoms with van der Waals surface area (Å²) < 4.78 is 10.1. The standard InChI is InChI=1S/C14H15NO7/c1-14(6-2-3-7-14)22-13(18)21-11-8-9(12(16)17)4-5-10(11)15(19)20/h4-5,8H,2-3,6-7H2,1H3,(H,16,17). The molecule has 0 heterocycles. The summed E-state index contributed by atoms with van der Waals surface area (Å²) in [5.74, 6) is -1.73. The van der Waals surface area contributed by atoms with Crippen LogP contribution in [0, 0.1) is 10.1 Å². The molecule has 0 radical (unpaired) electrons. The average Bonchev–Trinajstić information content (AvgIpc) is 2.84. The highest BCUT2D eigenvalue weighted by Crippen LogP contribution is 2.34. The molecule has 0 aromatic heterocycles. The molecule has 1 aliphatic rings. The third kappa shape index (κ3) is 3.51. The number of carboxylic acids is 1. The van der Waals surface area contributed by atoms with Gasteiger partial charge < -0.3 is 14.6 Å². The van der Waals surface area contributed by atoms with Crippen molar-refractivity contribution >= 4 is 17.8 Å². The van der Waals surface area contributed by atoms with Gasteiger partial charge in [0.05, 0.1) is 10.5 Å². The lowest BCUT2D eigenvalue weighted by Crippen LogP contribution is -2.29. The van der Waals surface area contributed by atoms with Crippen LogP contribution in [0.3, 0.4) is 0 Å². The number of ether oxygens (including phenoxy) is 2. The second kappa shape index (κ2) is 6.00. The molecule has 8 nitrogen and oxygen atoms in total. The van der Waals surface area contributed by atoms with Crippen molar-refractivity contribution in [1.29, 1.82) is 0 Å². The Morgan fingerprint density at radius 2 is 1.95 bits per heavy atom. The van der Waals surface area contributed by atoms with Crippen molar-refractivity contribution in [3.05, 3.63) is 33.9 Å². The summed E-state index contributed by atoms with van der Waals surface area (Å²) >= 11 is 0. The summed E-state index contributed by atoms with van der Waals surface area (Å²) in [7, 11) is 0. The van der Waals surface area contributed by atoms with E-state index in [1.165, 1.54) is 0 Å². The first-order valence-electron chi connectivity index (χ1n) is 6.73. The van der Waals surface area contributed by atoms with E-state index in [1.807, 2.05) is 0 Å². The largest absolute Gasteiger partial charge is 0.514 e. The fourth-order valence-corrected chi connectivity index (χ4v) is 2.42. The first-order chi connectivity index (χ1) is 10.3. The van der Waals surface area contributed by atoms with Crippen molar-refractivity contribution in [1.82, 2.24) is 0 Å². The maximum Gasteiger partial charge on any atom is 0.514 e. The highest BCUT2D eigenvalue weighted by molar-refractivity contribution is 5.89. The number of benzene rings is 1. The minimum atomic E-state index is -1.28. The second-order valence-corrected chi connectivity index (χ2v) is 5.36. The molecule has 8 heteroatoms. The molecule has 0 bridgehead atoms. The Bertz CT molecular complexity index is 620. The van der Waals surface area contributed by atoms with Gasteiger partial charge in [-0.05, 0) is 38.7 Å². The molecule has 1 aliphatic carbocycles. The molecule has 2 rings (SSSR count). The quantitative estimate of drug-likeness (QED) is 0.393. The minimum Gasteiger partial charge on any atom is -0.478 e. The topological polar surface area (TPSA) is 116 Å². The molecule has 118 valence electrons. The number of carbonyl (C=O) groups is 2. The van der Waals surface area contributed by atoms with E-state index in [0.717, 1.165) is 31.0 Å². The third-order valence-electron chi connectivity index (χ3n) is 3.59. The molecule has 22 heavy (non-hydrogen) atoms. The Hall–Kier alpha value is -2.64. The zero-order valence-corrected chi connectivity index (χ0v) is 11.9. The maximum atomic E-state index is 11.8. The number of aromatic carboxylic acids is 1. The number of nitrogens with zero attached hydrogens (tertiary/aromatic N) is 1. The highest BCUT2D eigenvalue weighted by Gasteiger charge is 2.34. The molecular weight excluding hydrogens is 294 g/mol. The number of rotatable bonds is 4. The average molecular weight is 309 g/mol. The molecule has 1 aromatic carbocycles. The second-order valence-electron chi connectivity index (χ2n) is 5.36. The van der Waals surface area contributed by atoms with E-state index in [4.69, 9.17) is 14.6 Å². The molecule has 1 N–H and O–H groups in total. The summed E-state index contributed by atoms with van der Waals surface area (Å²) in [6.07, 6.45) is 2.17. The van der Waals surface area contributed by atoms with Gasteiger partial charge in [-0.2, -0.15) is 0 Å². The van der Waals surface area contributed by atoms with Crippen molar-refractivity contribution in [3.8, 4) is 5.75 Å². The molecule has 1 fully saturated rings. The summed E-state index contributed by atoms with van der Waals surface area (Å²) in [6.45, 7) is 1.77. The Morgan fingerprint density at radius 1 is 1.32 bits per heavy atom. The molecule has 0 saturated heterocycles. The van der Waals surface area contributed by atoms with E-state index >= 15 is 0 Å². The van der Waals surface area contributed by atoms with E-state index in [-0.39, 0.29) is 5.56 Å². The molecule has 0 atom stereocenters. The molecular formula is C14H15NO7. The normalized spacial score (nSPS) is 16.0. The van der Waals surface area contributed by atoms with Crippen LogP contribution < -0.4 is 4.74 Å². The van der Waals surface area contributed by atoms with Gasteiger partial charge in [-0.15, -0.1) is 0 Å². The smallest absolute Gasteiger partial charge is 0.478 e. The van der Waals surface area contributed by atoms with E-state index in [2.05, 4.69) is 0 Å². The molecule has 0 aliphatic heterocycles. The lowest BCUT2D eigenvalue weighted by Gasteiger charge is -2.23. The van der Waals surface area contributed by atoms with Gasteiger partial charge in [0.25, 0.3) is 0 Å². The highest BCUT2D eigenvalue weighted by atomic mass is 16.7. The summed E-state index contributed by atoms with van der Waals surface area (Å²) in [5.41, 5.74) is -1.37. The van der Waals surface area contributed by atoms with Crippen LogP contribution in [0.2, 0.25) is 0 Å². The predicted molar refractivity (Wildman–Crippen MR) is 74.0 cm³/mol. The summed E-state index contributed by atoms with van der Waals surface area (Å²) in [5, 5.41) is 19.8. The van der Waals surface area contributed by atoms with Gasteiger partial charge >= 0.3 is 17.8 Å². The zero-order chi connectivity index (χ0) is 16.3. The Morgan fingerprint density at radius 3 is 2.50 bits per heavy atom. The van der Waals surface area contributed by atoms with Gasteiger partial charge in [-0.25, -0.2) is 9.59 Å². The number of carboxylic acid groups (broad SMARTS) is 1. The first kappa shape index (κ1) is 15.7. The van der Waals surface area contributed by atoms with Crippen LogP contribution in [0.25, 0.3) is 0 Å². The van der Waals surface area contributed by atoms with Gasteiger partial charge in [0.15, 0.2) is 0 Å². The van der Waals surface area contributed by atoms with Crippen LogP contribution >= 0.6 is 0 Å². The van der Waals surface area contributed by atoms with E-state index < -0.39 is 34.1 Å². The molecule has 0 spiro atoms. The minimum absolute atomic E-state index is 0.222. The lowest BCUT2D eigenvalue weighted by molar-refractivity contribution is -0.385. The SMILES string of the molecule is CC1(OC(=O)Oc2cc(C(=O)O)ccc2[N+](=O)[O-])CCCC1. The van der Waals surface area contributed by atoms with E-state index in [9.17, 15) is 19.7 Å². The predicted octanol–water partition coefficient (Wildman–Crippen LogP) is 3.14. The van der Waals surface area contributed by atoms with Crippen molar-refractivity contribution in [2.24, 2.45) is 0 Å². The van der Waals surface area contributed by atoms with Crippen LogP contribution in [-0.4, -0.2) is 27.8 Å². The Balaban J connectivity index is 2.19. The Labute approximate surface area is 125 Å². The van der Waals surface area contributed by atoms with Crippen molar-refractivity contribution in [2.45, 2.75) is 38.2 Å². The maximum absolute atomic E-state index is 11.8. The van der Waals surface area contributed by atoms with Gasteiger partial charge in [0.2, 0.25) is 5.75 Å². The third-order valence-corrected chi connectivity index (χ3v) is 3.59. The lowest BCUT2D eigenvalue weighted by atomic mass is 10.1. The molecule has 0 amide bonds. The fourth-order valence-electron chi connectivity index (χ4n) is 2.42. The van der Waals surface area contributed by atoms with Crippen LogP contribution in [0.5, 0.6) is 5.75 Å². The van der Waals surface area contributed by atoms with Crippen LogP contribution in [0.1, 0.15) is 43.0 Å². The van der Waals surface area contributed by atoms with Gasteiger partial charge in [0.1, 0.15) is 5.60 Å². The molecule has 1 aromatic rings. The summed E-state index contributed by atoms with van der Waals surface area (Å²) in [4.78, 5) is 32.9.